The zero-order chi connectivity index (χ0) is 20.6. The van der Waals surface area contributed by atoms with Crippen molar-refractivity contribution in [2.24, 2.45) is 0 Å². The standard InChI is InChI=1S/C23H30O6/c1-24-20-18(29-23(27-4)22(26-3)21(20)25-2)15-28-19(16-11-7-5-8-12-16)17-13-9-6-10-14-17/h5-14,18-23H,15H2,1-4H3/t18-,20-,21+,22-,23+/m0/s1. The second-order valence-electron chi connectivity index (χ2n) is 6.91. The maximum atomic E-state index is 6.38. The first-order valence-corrected chi connectivity index (χ1v) is 9.71. The van der Waals surface area contributed by atoms with Gasteiger partial charge in [-0.25, -0.2) is 0 Å². The first kappa shape index (κ1) is 21.9. The van der Waals surface area contributed by atoms with Gasteiger partial charge in [0, 0.05) is 28.4 Å². The van der Waals surface area contributed by atoms with Crippen molar-refractivity contribution in [3.05, 3.63) is 71.8 Å². The molecule has 0 spiro atoms. The Balaban J connectivity index is 1.80. The number of methoxy groups -OCH3 is 4. The van der Waals surface area contributed by atoms with Crippen molar-refractivity contribution >= 4 is 0 Å². The van der Waals surface area contributed by atoms with Gasteiger partial charge in [-0.1, -0.05) is 60.7 Å². The quantitative estimate of drug-likeness (QED) is 0.642. The third kappa shape index (κ3) is 5.04. The van der Waals surface area contributed by atoms with E-state index in [4.69, 9.17) is 28.4 Å². The molecule has 1 aliphatic rings. The van der Waals surface area contributed by atoms with Crippen molar-refractivity contribution in [1.82, 2.24) is 0 Å². The van der Waals surface area contributed by atoms with E-state index in [1.165, 1.54) is 0 Å². The van der Waals surface area contributed by atoms with Gasteiger partial charge in [0.25, 0.3) is 0 Å². The summed E-state index contributed by atoms with van der Waals surface area (Å²) < 4.78 is 34.9. The Bertz CT molecular complexity index is 670. The van der Waals surface area contributed by atoms with Gasteiger partial charge in [0.05, 0.1) is 6.61 Å². The third-order valence-corrected chi connectivity index (χ3v) is 5.27. The van der Waals surface area contributed by atoms with Gasteiger partial charge in [0.2, 0.25) is 0 Å². The topological polar surface area (TPSA) is 55.4 Å². The molecule has 0 saturated carbocycles. The Morgan fingerprint density at radius 3 is 1.66 bits per heavy atom. The van der Waals surface area contributed by atoms with E-state index in [-0.39, 0.29) is 24.4 Å². The summed E-state index contributed by atoms with van der Waals surface area (Å²) in [6.45, 7) is 0.309. The minimum Gasteiger partial charge on any atom is -0.376 e. The summed E-state index contributed by atoms with van der Waals surface area (Å²) in [6.07, 6.45) is -2.27. The van der Waals surface area contributed by atoms with E-state index in [9.17, 15) is 0 Å². The molecule has 0 unspecified atom stereocenters. The Morgan fingerprint density at radius 1 is 0.690 bits per heavy atom. The smallest absolute Gasteiger partial charge is 0.186 e. The lowest BCUT2D eigenvalue weighted by Crippen LogP contribution is -2.61. The third-order valence-electron chi connectivity index (χ3n) is 5.27. The molecule has 3 rings (SSSR count). The first-order valence-electron chi connectivity index (χ1n) is 9.71. The maximum absolute atomic E-state index is 6.38. The van der Waals surface area contributed by atoms with Crippen LogP contribution in [-0.4, -0.2) is 65.8 Å². The van der Waals surface area contributed by atoms with Crippen LogP contribution in [0, 0.1) is 0 Å². The van der Waals surface area contributed by atoms with E-state index in [0.29, 0.717) is 6.61 Å². The van der Waals surface area contributed by atoms with Gasteiger partial charge in [-0.3, -0.25) is 0 Å². The van der Waals surface area contributed by atoms with E-state index in [1.54, 1.807) is 28.4 Å². The van der Waals surface area contributed by atoms with E-state index < -0.39 is 12.4 Å². The van der Waals surface area contributed by atoms with Gasteiger partial charge >= 0.3 is 0 Å². The molecule has 2 aromatic carbocycles. The van der Waals surface area contributed by atoms with Crippen LogP contribution in [0.4, 0.5) is 0 Å². The average Bonchev–Trinajstić information content (AvgIpc) is 2.79. The van der Waals surface area contributed by atoms with Crippen molar-refractivity contribution in [2.45, 2.75) is 36.8 Å². The van der Waals surface area contributed by atoms with E-state index >= 15 is 0 Å². The largest absolute Gasteiger partial charge is 0.376 e. The Morgan fingerprint density at radius 2 is 1.21 bits per heavy atom. The van der Waals surface area contributed by atoms with Gasteiger partial charge in [-0.15, -0.1) is 0 Å². The number of rotatable bonds is 9. The lowest BCUT2D eigenvalue weighted by atomic mass is 9.98. The van der Waals surface area contributed by atoms with Gasteiger partial charge in [-0.05, 0) is 11.1 Å². The summed E-state index contributed by atoms with van der Waals surface area (Å²) in [4.78, 5) is 0. The van der Waals surface area contributed by atoms with Crippen LogP contribution in [0.3, 0.4) is 0 Å². The predicted octanol–water partition coefficient (Wildman–Crippen LogP) is 3.21. The predicted molar refractivity (Wildman–Crippen MR) is 109 cm³/mol. The minimum absolute atomic E-state index is 0.222. The molecule has 1 heterocycles. The molecule has 158 valence electrons. The Kier molecular flexibility index (Phi) is 8.18. The van der Waals surface area contributed by atoms with Gasteiger partial charge in [0.15, 0.2) is 6.29 Å². The van der Waals surface area contributed by atoms with Crippen LogP contribution in [0.2, 0.25) is 0 Å². The second kappa shape index (κ2) is 10.8. The number of benzene rings is 2. The van der Waals surface area contributed by atoms with Gasteiger partial charge in [-0.2, -0.15) is 0 Å². The molecule has 0 radical (unpaired) electrons. The summed E-state index contributed by atoms with van der Waals surface area (Å²) >= 11 is 0. The lowest BCUT2D eigenvalue weighted by Gasteiger charge is -2.44. The highest BCUT2D eigenvalue weighted by atomic mass is 16.7. The zero-order valence-corrected chi connectivity index (χ0v) is 17.4. The summed E-state index contributed by atoms with van der Waals surface area (Å²) in [7, 11) is 6.47. The summed E-state index contributed by atoms with van der Waals surface area (Å²) in [5, 5.41) is 0. The van der Waals surface area contributed by atoms with Gasteiger partial charge < -0.3 is 28.4 Å². The van der Waals surface area contributed by atoms with E-state index in [0.717, 1.165) is 11.1 Å². The fraction of sp³-hybridized carbons (Fsp3) is 0.478. The van der Waals surface area contributed by atoms with E-state index in [2.05, 4.69) is 24.3 Å². The fourth-order valence-electron chi connectivity index (χ4n) is 3.84. The Hall–Kier alpha value is -1.80. The molecule has 6 heteroatoms. The van der Waals surface area contributed by atoms with Gasteiger partial charge in [0.1, 0.15) is 30.5 Å². The highest BCUT2D eigenvalue weighted by molar-refractivity contribution is 5.29. The minimum atomic E-state index is -0.572. The molecule has 1 fully saturated rings. The molecule has 6 nitrogen and oxygen atoms in total. The molecule has 1 aliphatic heterocycles. The van der Waals surface area contributed by atoms with Crippen LogP contribution in [0.25, 0.3) is 0 Å². The number of hydrogen-bond acceptors (Lipinski definition) is 6. The van der Waals surface area contributed by atoms with Crippen molar-refractivity contribution in [3.63, 3.8) is 0 Å². The molecule has 0 aliphatic carbocycles. The maximum Gasteiger partial charge on any atom is 0.186 e. The molecule has 5 atom stereocenters. The van der Waals surface area contributed by atoms with Crippen LogP contribution >= 0.6 is 0 Å². The van der Waals surface area contributed by atoms with Crippen LogP contribution in [-0.2, 0) is 28.4 Å². The number of ether oxygens (including phenoxy) is 6. The molecule has 0 aromatic heterocycles. The van der Waals surface area contributed by atoms with Crippen LogP contribution < -0.4 is 0 Å². The monoisotopic (exact) mass is 402 g/mol. The van der Waals surface area contributed by atoms with Crippen molar-refractivity contribution in [3.8, 4) is 0 Å². The fourth-order valence-corrected chi connectivity index (χ4v) is 3.84. The van der Waals surface area contributed by atoms with Crippen molar-refractivity contribution in [1.29, 1.82) is 0 Å². The molecular weight excluding hydrogens is 372 g/mol. The summed E-state index contributed by atoms with van der Waals surface area (Å²) in [6, 6.07) is 20.3. The van der Waals surface area contributed by atoms with Crippen LogP contribution in [0.1, 0.15) is 17.2 Å². The molecular formula is C23H30O6. The molecule has 0 amide bonds. The normalized spacial score (nSPS) is 27.3. The van der Waals surface area contributed by atoms with Crippen LogP contribution in [0.5, 0.6) is 0 Å². The van der Waals surface area contributed by atoms with Crippen LogP contribution in [0.15, 0.2) is 60.7 Å². The van der Waals surface area contributed by atoms with E-state index in [1.807, 2.05) is 36.4 Å². The highest BCUT2D eigenvalue weighted by Gasteiger charge is 2.47. The summed E-state index contributed by atoms with van der Waals surface area (Å²) in [5.41, 5.74) is 2.15. The summed E-state index contributed by atoms with van der Waals surface area (Å²) in [5.74, 6) is 0. The SMILES string of the molecule is CO[C@@H]1O[C@@H](COC(c2ccccc2)c2ccccc2)[C@H](OC)[C@@H](OC)[C@@H]1OC. The lowest BCUT2D eigenvalue weighted by molar-refractivity contribution is -0.309. The van der Waals surface area contributed by atoms with Crippen molar-refractivity contribution in [2.75, 3.05) is 35.0 Å². The molecule has 29 heavy (non-hydrogen) atoms. The second-order valence-corrected chi connectivity index (χ2v) is 6.91. The highest BCUT2D eigenvalue weighted by Crippen LogP contribution is 2.31. The molecule has 2 aromatic rings. The Labute approximate surface area is 172 Å². The molecule has 0 bridgehead atoms. The average molecular weight is 402 g/mol. The molecule has 0 N–H and O–H groups in total. The molecule has 1 saturated heterocycles. The number of hydrogen-bond donors (Lipinski definition) is 0. The van der Waals surface area contributed by atoms with Crippen molar-refractivity contribution < 1.29 is 28.4 Å². The first-order chi connectivity index (χ1) is 14.2. The zero-order valence-electron chi connectivity index (χ0n) is 17.4.